The lowest BCUT2D eigenvalue weighted by Crippen LogP contribution is -2.38. The number of fused-ring (bicyclic) bond motifs is 1. The Morgan fingerprint density at radius 3 is 2.79 bits per heavy atom. The zero-order valence-corrected chi connectivity index (χ0v) is 14.8. The maximum Gasteiger partial charge on any atom is 0.325 e. The number of nitro groups is 1. The molecule has 0 aliphatic heterocycles. The van der Waals surface area contributed by atoms with E-state index in [0.29, 0.717) is 17.4 Å². The number of H-pyrrole nitrogens is 1. The van der Waals surface area contributed by atoms with E-state index < -0.39 is 22.8 Å². The van der Waals surface area contributed by atoms with Crippen LogP contribution in [0, 0.1) is 10.1 Å². The molecule has 1 aromatic heterocycles. The van der Waals surface area contributed by atoms with Gasteiger partial charge in [0.2, 0.25) is 0 Å². The van der Waals surface area contributed by atoms with Crippen LogP contribution >= 0.6 is 0 Å². The maximum atomic E-state index is 12.2. The number of aliphatic carboxylic acids is 1. The number of hydrogen-bond donors (Lipinski definition) is 4. The van der Waals surface area contributed by atoms with Crippen LogP contribution in [0.5, 0.6) is 0 Å². The highest BCUT2D eigenvalue weighted by atomic mass is 16.6. The van der Waals surface area contributed by atoms with Crippen molar-refractivity contribution in [2.45, 2.75) is 19.5 Å². The van der Waals surface area contributed by atoms with E-state index in [4.69, 9.17) is 5.11 Å². The fraction of sp³-hybridized carbons (Fsp3) is 0.167. The number of rotatable bonds is 7. The van der Waals surface area contributed by atoms with Crippen LogP contribution in [0.1, 0.15) is 23.0 Å². The first kappa shape index (κ1) is 18.8. The van der Waals surface area contributed by atoms with Crippen LogP contribution in [0.2, 0.25) is 0 Å². The molecule has 10 nitrogen and oxygen atoms in total. The Balaban J connectivity index is 1.73. The minimum Gasteiger partial charge on any atom is -0.480 e. The number of nitro benzene ring substituents is 1. The van der Waals surface area contributed by atoms with E-state index in [9.17, 15) is 19.7 Å². The molecule has 0 spiro atoms. The predicted molar refractivity (Wildman–Crippen MR) is 101 cm³/mol. The van der Waals surface area contributed by atoms with E-state index in [1.165, 1.54) is 19.1 Å². The fourth-order valence-corrected chi connectivity index (χ4v) is 2.61. The number of hydrogen-bond acceptors (Lipinski definition) is 6. The summed E-state index contributed by atoms with van der Waals surface area (Å²) in [6, 6.07) is 10.5. The van der Waals surface area contributed by atoms with Gasteiger partial charge in [0.15, 0.2) is 5.69 Å². The summed E-state index contributed by atoms with van der Waals surface area (Å²) >= 11 is 0. The third-order valence-corrected chi connectivity index (χ3v) is 4.11. The quantitative estimate of drug-likeness (QED) is 0.361. The number of aromatic nitrogens is 2. The van der Waals surface area contributed by atoms with E-state index in [1.54, 1.807) is 30.3 Å². The molecule has 144 valence electrons. The molecule has 0 saturated heterocycles. The number of benzene rings is 2. The molecule has 28 heavy (non-hydrogen) atoms. The Bertz CT molecular complexity index is 1060. The second kappa shape index (κ2) is 7.74. The molecule has 0 bridgehead atoms. The number of non-ortho nitro benzene ring substituents is 1. The molecular weight excluding hydrogens is 366 g/mol. The van der Waals surface area contributed by atoms with Crippen molar-refractivity contribution < 1.29 is 19.6 Å². The van der Waals surface area contributed by atoms with Crippen LogP contribution in [0.3, 0.4) is 0 Å². The molecule has 1 atom stereocenters. The van der Waals surface area contributed by atoms with E-state index in [1.807, 2.05) is 0 Å². The van der Waals surface area contributed by atoms with Crippen molar-refractivity contribution >= 4 is 34.2 Å². The molecule has 0 unspecified atom stereocenters. The molecule has 1 amide bonds. The Kier molecular flexibility index (Phi) is 5.21. The van der Waals surface area contributed by atoms with Crippen LogP contribution in [-0.2, 0) is 11.3 Å². The van der Waals surface area contributed by atoms with Gasteiger partial charge >= 0.3 is 5.97 Å². The van der Waals surface area contributed by atoms with Crippen LogP contribution in [0.15, 0.2) is 42.5 Å². The van der Waals surface area contributed by atoms with E-state index >= 15 is 0 Å². The number of nitrogens with one attached hydrogen (secondary N) is 3. The number of anilines is 1. The van der Waals surface area contributed by atoms with Gasteiger partial charge in [0, 0.05) is 29.8 Å². The monoisotopic (exact) mass is 383 g/mol. The van der Waals surface area contributed by atoms with Crippen molar-refractivity contribution in [3.63, 3.8) is 0 Å². The summed E-state index contributed by atoms with van der Waals surface area (Å²) in [5.41, 5.74) is 2.20. The molecule has 0 aliphatic rings. The maximum absolute atomic E-state index is 12.2. The predicted octanol–water partition coefficient (Wildman–Crippen LogP) is 2.29. The lowest BCUT2D eigenvalue weighted by molar-refractivity contribution is -0.384. The summed E-state index contributed by atoms with van der Waals surface area (Å²) in [7, 11) is 0. The highest BCUT2D eigenvalue weighted by Gasteiger charge is 2.19. The number of amides is 1. The van der Waals surface area contributed by atoms with Crippen molar-refractivity contribution in [3.8, 4) is 0 Å². The van der Waals surface area contributed by atoms with Crippen molar-refractivity contribution in [3.05, 3.63) is 63.8 Å². The Morgan fingerprint density at radius 1 is 1.29 bits per heavy atom. The van der Waals surface area contributed by atoms with E-state index in [0.717, 1.165) is 11.3 Å². The number of carbonyl (C=O) groups excluding carboxylic acids is 1. The van der Waals surface area contributed by atoms with E-state index in [-0.39, 0.29) is 11.4 Å². The summed E-state index contributed by atoms with van der Waals surface area (Å²) in [5.74, 6) is -1.72. The molecule has 0 aliphatic carbocycles. The SMILES string of the molecule is C[C@H](NC(=O)c1n[nH]c2cc(NCc3cccc([N+](=O)[O-])c3)ccc12)C(=O)O. The average molecular weight is 383 g/mol. The molecular formula is C18H17N5O5. The number of carbonyl (C=O) groups is 2. The Morgan fingerprint density at radius 2 is 2.07 bits per heavy atom. The molecule has 0 radical (unpaired) electrons. The fourth-order valence-electron chi connectivity index (χ4n) is 2.61. The normalized spacial score (nSPS) is 11.8. The van der Waals surface area contributed by atoms with Crippen LogP contribution in [-0.4, -0.2) is 38.1 Å². The minimum absolute atomic E-state index is 0.0227. The summed E-state index contributed by atoms with van der Waals surface area (Å²) in [4.78, 5) is 33.5. The van der Waals surface area contributed by atoms with Gasteiger partial charge in [-0.3, -0.25) is 24.8 Å². The number of nitrogens with zero attached hydrogens (tertiary/aromatic N) is 2. The average Bonchev–Trinajstić information content (AvgIpc) is 3.09. The number of aromatic amines is 1. The van der Waals surface area contributed by atoms with Crippen LogP contribution < -0.4 is 10.6 Å². The summed E-state index contributed by atoms with van der Waals surface area (Å²) in [5, 5.41) is 32.5. The Labute approximate surface area is 158 Å². The Hall–Kier alpha value is -3.95. The van der Waals surface area contributed by atoms with Gasteiger partial charge in [-0.05, 0) is 30.7 Å². The van der Waals surface area contributed by atoms with Gasteiger partial charge in [-0.1, -0.05) is 12.1 Å². The zero-order valence-electron chi connectivity index (χ0n) is 14.8. The molecule has 4 N–H and O–H groups in total. The number of carboxylic acid groups (broad SMARTS) is 1. The molecule has 3 rings (SSSR count). The third-order valence-electron chi connectivity index (χ3n) is 4.11. The molecule has 1 heterocycles. The number of carboxylic acids is 1. The van der Waals surface area contributed by atoms with Gasteiger partial charge in [0.25, 0.3) is 11.6 Å². The molecule has 10 heteroatoms. The van der Waals surface area contributed by atoms with Crippen molar-refractivity contribution in [1.82, 2.24) is 15.5 Å². The molecule has 0 saturated carbocycles. The van der Waals surface area contributed by atoms with Crippen LogP contribution in [0.4, 0.5) is 11.4 Å². The first-order valence-corrected chi connectivity index (χ1v) is 8.34. The highest BCUT2D eigenvalue weighted by molar-refractivity contribution is 6.06. The topological polar surface area (TPSA) is 150 Å². The van der Waals surface area contributed by atoms with Gasteiger partial charge in [-0.2, -0.15) is 5.10 Å². The lowest BCUT2D eigenvalue weighted by atomic mass is 10.1. The minimum atomic E-state index is -1.14. The van der Waals surface area contributed by atoms with Gasteiger partial charge in [0.1, 0.15) is 6.04 Å². The third kappa shape index (κ3) is 4.06. The summed E-state index contributed by atoms with van der Waals surface area (Å²) in [6.45, 7) is 1.75. The van der Waals surface area contributed by atoms with Gasteiger partial charge in [-0.15, -0.1) is 0 Å². The standard InChI is InChI=1S/C18H17N5O5/c1-10(18(25)26)20-17(24)16-14-6-5-12(8-15(14)21-22-16)19-9-11-3-2-4-13(7-11)23(27)28/h2-8,10,19H,9H2,1H3,(H,20,24)(H,21,22)(H,25,26)/t10-/m0/s1. The smallest absolute Gasteiger partial charge is 0.325 e. The van der Waals surface area contributed by atoms with Crippen molar-refractivity contribution in [2.75, 3.05) is 5.32 Å². The van der Waals surface area contributed by atoms with Crippen LogP contribution in [0.25, 0.3) is 10.9 Å². The van der Waals surface area contributed by atoms with Crippen molar-refractivity contribution in [1.29, 1.82) is 0 Å². The molecule has 3 aromatic rings. The highest BCUT2D eigenvalue weighted by Crippen LogP contribution is 2.21. The zero-order chi connectivity index (χ0) is 20.3. The first-order valence-electron chi connectivity index (χ1n) is 8.34. The summed E-state index contributed by atoms with van der Waals surface area (Å²) in [6.07, 6.45) is 0. The first-order chi connectivity index (χ1) is 13.3. The second-order valence-corrected chi connectivity index (χ2v) is 6.15. The summed E-state index contributed by atoms with van der Waals surface area (Å²) < 4.78 is 0. The van der Waals surface area contributed by atoms with Crippen molar-refractivity contribution in [2.24, 2.45) is 0 Å². The molecule has 0 fully saturated rings. The largest absolute Gasteiger partial charge is 0.480 e. The second-order valence-electron chi connectivity index (χ2n) is 6.15. The van der Waals surface area contributed by atoms with Gasteiger partial charge in [0.05, 0.1) is 10.4 Å². The van der Waals surface area contributed by atoms with E-state index in [2.05, 4.69) is 20.8 Å². The van der Waals surface area contributed by atoms with Gasteiger partial charge < -0.3 is 15.7 Å². The molecule has 2 aromatic carbocycles. The lowest BCUT2D eigenvalue weighted by Gasteiger charge is -2.08. The van der Waals surface area contributed by atoms with Gasteiger partial charge in [-0.25, -0.2) is 0 Å².